The molecule has 1 aromatic heterocycles. The van der Waals surface area contributed by atoms with Crippen molar-refractivity contribution >= 4 is 15.9 Å². The average molecular weight is 239 g/mol. The van der Waals surface area contributed by atoms with Gasteiger partial charge in [0.15, 0.2) is 0 Å². The molecule has 0 spiro atoms. The van der Waals surface area contributed by atoms with E-state index in [1.54, 1.807) is 30.6 Å². The Morgan fingerprint density at radius 3 is 2.85 bits per heavy atom. The van der Waals surface area contributed by atoms with Gasteiger partial charge >= 0.3 is 0 Å². The number of halogens is 1. The van der Waals surface area contributed by atoms with E-state index in [0.717, 1.165) is 15.9 Å². The number of imidazole rings is 1. The lowest BCUT2D eigenvalue weighted by molar-refractivity contribution is 0.475. The third kappa shape index (κ3) is 1.58. The maximum absolute atomic E-state index is 9.17. The number of rotatable bonds is 1. The summed E-state index contributed by atoms with van der Waals surface area (Å²) in [5, 5.41) is 9.17. The van der Waals surface area contributed by atoms with Gasteiger partial charge in [-0.15, -0.1) is 0 Å². The second-order valence-electron chi connectivity index (χ2n) is 2.60. The molecule has 0 fully saturated rings. The van der Waals surface area contributed by atoms with Gasteiger partial charge in [-0.25, -0.2) is 4.98 Å². The molecule has 66 valence electrons. The molecule has 0 atom stereocenters. The quantitative estimate of drug-likeness (QED) is 0.803. The molecule has 0 unspecified atom stereocenters. The van der Waals surface area contributed by atoms with E-state index in [2.05, 4.69) is 25.9 Å². The molecule has 3 nitrogen and oxygen atoms in total. The Morgan fingerprint density at radius 2 is 2.23 bits per heavy atom. The van der Waals surface area contributed by atoms with Gasteiger partial charge in [0.1, 0.15) is 11.6 Å². The lowest BCUT2D eigenvalue weighted by atomic mass is 10.2. The topological polar surface area (TPSA) is 48.9 Å². The Bertz CT molecular complexity index is 412. The third-order valence-electron chi connectivity index (χ3n) is 1.71. The van der Waals surface area contributed by atoms with Crippen LogP contribution in [0.25, 0.3) is 11.4 Å². The highest BCUT2D eigenvalue weighted by Crippen LogP contribution is 2.28. The summed E-state index contributed by atoms with van der Waals surface area (Å²) in [6.45, 7) is 0. The standard InChI is InChI=1S/C9H7BrN2O/c10-8-5-6(13)1-2-7(8)9-11-3-4-12-9/h1-5,13H,(H,11,12). The summed E-state index contributed by atoms with van der Waals surface area (Å²) >= 11 is 3.35. The maximum atomic E-state index is 9.17. The largest absolute Gasteiger partial charge is 0.508 e. The second kappa shape index (κ2) is 3.22. The molecular formula is C9H7BrN2O. The van der Waals surface area contributed by atoms with Crippen molar-refractivity contribution in [3.05, 3.63) is 35.1 Å². The molecule has 0 radical (unpaired) electrons. The molecular weight excluding hydrogens is 232 g/mol. The first-order valence-electron chi connectivity index (χ1n) is 3.75. The van der Waals surface area contributed by atoms with Crippen LogP contribution in [0.2, 0.25) is 0 Å². The SMILES string of the molecule is Oc1ccc(-c2ncc[nH]2)c(Br)c1. The highest BCUT2D eigenvalue weighted by atomic mass is 79.9. The van der Waals surface area contributed by atoms with Gasteiger partial charge < -0.3 is 10.1 Å². The zero-order valence-corrected chi connectivity index (χ0v) is 8.25. The zero-order valence-electron chi connectivity index (χ0n) is 6.66. The highest BCUT2D eigenvalue weighted by molar-refractivity contribution is 9.10. The van der Waals surface area contributed by atoms with Crippen LogP contribution in [0.4, 0.5) is 0 Å². The summed E-state index contributed by atoms with van der Waals surface area (Å²) in [5.41, 5.74) is 0.933. The molecule has 0 saturated heterocycles. The molecule has 0 aliphatic heterocycles. The van der Waals surface area contributed by atoms with Crippen molar-refractivity contribution in [1.29, 1.82) is 0 Å². The molecule has 0 amide bonds. The summed E-state index contributed by atoms with van der Waals surface area (Å²) in [6.07, 6.45) is 3.45. The smallest absolute Gasteiger partial charge is 0.138 e. The van der Waals surface area contributed by atoms with Gasteiger partial charge in [0, 0.05) is 22.4 Å². The van der Waals surface area contributed by atoms with Crippen molar-refractivity contribution in [2.45, 2.75) is 0 Å². The van der Waals surface area contributed by atoms with Gasteiger partial charge in [-0.3, -0.25) is 0 Å². The number of H-pyrrole nitrogens is 1. The van der Waals surface area contributed by atoms with Crippen molar-refractivity contribution in [2.75, 3.05) is 0 Å². The monoisotopic (exact) mass is 238 g/mol. The van der Waals surface area contributed by atoms with Crippen LogP contribution in [0.15, 0.2) is 35.1 Å². The van der Waals surface area contributed by atoms with E-state index in [4.69, 9.17) is 0 Å². The number of aromatic amines is 1. The van der Waals surface area contributed by atoms with E-state index in [-0.39, 0.29) is 5.75 Å². The Labute approximate surface area is 83.6 Å². The average Bonchev–Trinajstić information content (AvgIpc) is 2.56. The van der Waals surface area contributed by atoms with E-state index in [0.29, 0.717) is 0 Å². The van der Waals surface area contributed by atoms with Crippen molar-refractivity contribution in [3.63, 3.8) is 0 Å². The fraction of sp³-hybridized carbons (Fsp3) is 0. The first kappa shape index (κ1) is 8.31. The van der Waals surface area contributed by atoms with Crippen LogP contribution in [0.1, 0.15) is 0 Å². The van der Waals surface area contributed by atoms with E-state index in [1.807, 2.05) is 0 Å². The third-order valence-corrected chi connectivity index (χ3v) is 2.36. The summed E-state index contributed by atoms with van der Waals surface area (Å²) in [7, 11) is 0. The zero-order chi connectivity index (χ0) is 9.26. The van der Waals surface area contributed by atoms with Crippen LogP contribution in [-0.4, -0.2) is 15.1 Å². The van der Waals surface area contributed by atoms with Crippen molar-refractivity contribution in [3.8, 4) is 17.1 Å². The lowest BCUT2D eigenvalue weighted by Gasteiger charge is -2.00. The summed E-state index contributed by atoms with van der Waals surface area (Å²) in [4.78, 5) is 7.10. The maximum Gasteiger partial charge on any atom is 0.138 e. The van der Waals surface area contributed by atoms with Crippen LogP contribution in [0.3, 0.4) is 0 Å². The number of nitrogens with one attached hydrogen (secondary N) is 1. The molecule has 2 rings (SSSR count). The molecule has 1 aromatic carbocycles. The number of aromatic hydroxyl groups is 1. The Morgan fingerprint density at radius 1 is 1.38 bits per heavy atom. The van der Waals surface area contributed by atoms with Crippen molar-refractivity contribution in [2.24, 2.45) is 0 Å². The number of phenols is 1. The van der Waals surface area contributed by atoms with Crippen LogP contribution >= 0.6 is 15.9 Å². The number of aromatic nitrogens is 2. The number of benzene rings is 1. The molecule has 0 aliphatic rings. The minimum atomic E-state index is 0.238. The van der Waals surface area contributed by atoms with Crippen LogP contribution in [0, 0.1) is 0 Å². The minimum absolute atomic E-state index is 0.238. The minimum Gasteiger partial charge on any atom is -0.508 e. The first-order valence-corrected chi connectivity index (χ1v) is 4.55. The van der Waals surface area contributed by atoms with E-state index in [1.165, 1.54) is 0 Å². The summed E-state index contributed by atoms with van der Waals surface area (Å²) in [5.74, 6) is 1.02. The van der Waals surface area contributed by atoms with Gasteiger partial charge in [-0.05, 0) is 34.1 Å². The number of nitrogens with zero attached hydrogens (tertiary/aromatic N) is 1. The number of phenolic OH excluding ortho intramolecular Hbond substituents is 1. The molecule has 2 N–H and O–H groups in total. The normalized spacial score (nSPS) is 10.2. The first-order chi connectivity index (χ1) is 6.27. The van der Waals surface area contributed by atoms with E-state index >= 15 is 0 Å². The van der Waals surface area contributed by atoms with Crippen molar-refractivity contribution in [1.82, 2.24) is 9.97 Å². The summed E-state index contributed by atoms with van der Waals surface area (Å²) < 4.78 is 0.822. The van der Waals surface area contributed by atoms with Gasteiger partial charge in [0.05, 0.1) is 0 Å². The second-order valence-corrected chi connectivity index (χ2v) is 3.46. The van der Waals surface area contributed by atoms with Gasteiger partial charge in [0.2, 0.25) is 0 Å². The lowest BCUT2D eigenvalue weighted by Crippen LogP contribution is -1.81. The Hall–Kier alpha value is -1.29. The van der Waals surface area contributed by atoms with E-state index < -0.39 is 0 Å². The number of hydrogen-bond acceptors (Lipinski definition) is 2. The van der Waals surface area contributed by atoms with Crippen LogP contribution in [0.5, 0.6) is 5.75 Å². The van der Waals surface area contributed by atoms with Crippen LogP contribution < -0.4 is 0 Å². The van der Waals surface area contributed by atoms with Gasteiger partial charge in [-0.1, -0.05) is 0 Å². The predicted octanol–water partition coefficient (Wildman–Crippen LogP) is 2.54. The van der Waals surface area contributed by atoms with E-state index in [9.17, 15) is 5.11 Å². The molecule has 4 heteroatoms. The molecule has 2 aromatic rings. The molecule has 0 bridgehead atoms. The summed E-state index contributed by atoms with van der Waals surface area (Å²) in [6, 6.07) is 5.07. The molecule has 13 heavy (non-hydrogen) atoms. The highest BCUT2D eigenvalue weighted by Gasteiger charge is 2.04. The van der Waals surface area contributed by atoms with Gasteiger partial charge in [-0.2, -0.15) is 0 Å². The Balaban J connectivity index is 2.53. The Kier molecular flexibility index (Phi) is 2.06. The number of hydrogen-bond donors (Lipinski definition) is 2. The van der Waals surface area contributed by atoms with Gasteiger partial charge in [0.25, 0.3) is 0 Å². The molecule has 1 heterocycles. The predicted molar refractivity (Wildman–Crippen MR) is 53.4 cm³/mol. The van der Waals surface area contributed by atoms with Crippen LogP contribution in [-0.2, 0) is 0 Å². The molecule has 0 aliphatic carbocycles. The van der Waals surface area contributed by atoms with Crippen molar-refractivity contribution < 1.29 is 5.11 Å². The molecule has 0 saturated carbocycles. The fourth-order valence-electron chi connectivity index (χ4n) is 1.11. The fourth-order valence-corrected chi connectivity index (χ4v) is 1.66.